The molecule has 3 nitrogen and oxygen atoms in total. The maximum Gasteiger partial charge on any atom is 0.158 e. The van der Waals surface area contributed by atoms with Crippen LogP contribution < -0.4 is 4.74 Å². The summed E-state index contributed by atoms with van der Waals surface area (Å²) < 4.78 is 5.05. The van der Waals surface area contributed by atoms with Crippen LogP contribution in [-0.4, -0.2) is 13.3 Å². The molecule has 2 rings (SSSR count). The van der Waals surface area contributed by atoms with E-state index in [4.69, 9.17) is 9.57 Å². The van der Waals surface area contributed by atoms with Crippen LogP contribution in [0.5, 0.6) is 5.75 Å². The van der Waals surface area contributed by atoms with E-state index < -0.39 is 0 Å². The second-order valence-electron chi connectivity index (χ2n) is 2.82. The lowest BCUT2D eigenvalue weighted by molar-refractivity contribution is 0.0857. The van der Waals surface area contributed by atoms with Gasteiger partial charge in [-0.05, 0) is 17.7 Å². The average molecular weight is 176 g/mol. The lowest BCUT2D eigenvalue weighted by Crippen LogP contribution is -1.95. The predicted octanol–water partition coefficient (Wildman–Crippen LogP) is 2.02. The van der Waals surface area contributed by atoms with E-state index in [0.717, 1.165) is 17.7 Å². The van der Waals surface area contributed by atoms with Crippen LogP contribution >= 0.6 is 0 Å². The van der Waals surface area contributed by atoms with Crippen molar-refractivity contribution in [3.05, 3.63) is 29.8 Å². The Labute approximate surface area is 77.0 Å². The molecule has 0 N–H and O–H groups in total. The Morgan fingerprint density at radius 1 is 1.46 bits per heavy atom. The number of hydrogen-bond donors (Lipinski definition) is 0. The lowest BCUT2D eigenvalue weighted by atomic mass is 10.1. The summed E-state index contributed by atoms with van der Waals surface area (Å²) >= 11 is 0. The van der Waals surface area contributed by atoms with Gasteiger partial charge in [0.15, 0.2) is 6.10 Å². The molecule has 1 unspecified atom stereocenters. The van der Waals surface area contributed by atoms with E-state index in [-0.39, 0.29) is 6.10 Å². The molecule has 0 fully saturated rings. The molecule has 67 valence electrons. The average Bonchev–Trinajstić information content (AvgIpc) is 2.71. The second kappa shape index (κ2) is 3.47. The van der Waals surface area contributed by atoms with Gasteiger partial charge >= 0.3 is 0 Å². The van der Waals surface area contributed by atoms with Crippen LogP contribution in [0.25, 0.3) is 0 Å². The third-order valence-corrected chi connectivity index (χ3v) is 2.01. The quantitative estimate of drug-likeness (QED) is 0.690. The van der Waals surface area contributed by atoms with Gasteiger partial charge in [0.05, 0.1) is 7.11 Å². The summed E-state index contributed by atoms with van der Waals surface area (Å²) in [6, 6.07) is 7.78. The molecule has 1 aromatic rings. The first-order valence-electron chi connectivity index (χ1n) is 4.13. The van der Waals surface area contributed by atoms with Gasteiger partial charge in [-0.3, -0.25) is 0 Å². The molecule has 0 aliphatic carbocycles. The van der Waals surface area contributed by atoms with Gasteiger partial charge in [0.2, 0.25) is 0 Å². The van der Waals surface area contributed by atoms with Gasteiger partial charge in [-0.25, -0.2) is 0 Å². The molecule has 1 atom stereocenters. The molecule has 0 aromatic heterocycles. The van der Waals surface area contributed by atoms with E-state index in [9.17, 15) is 0 Å². The van der Waals surface area contributed by atoms with Gasteiger partial charge in [0.25, 0.3) is 0 Å². The summed E-state index contributed by atoms with van der Waals surface area (Å²) in [6.07, 6.45) is 3.53. The first kappa shape index (κ1) is 8.10. The number of hydrogen-bond acceptors (Lipinski definition) is 3. The zero-order valence-corrected chi connectivity index (χ0v) is 7.36. The minimum absolute atomic E-state index is 0.0332. The van der Waals surface area contributed by atoms with Crippen molar-refractivity contribution in [2.45, 2.75) is 12.5 Å². The van der Waals surface area contributed by atoms with E-state index in [2.05, 4.69) is 11.4 Å². The van der Waals surface area contributed by atoms with Crippen molar-refractivity contribution in [2.75, 3.05) is 7.11 Å². The summed E-state index contributed by atoms with van der Waals surface area (Å²) in [4.78, 5) is 5.09. The third kappa shape index (κ3) is 1.64. The molecular weight excluding hydrogens is 166 g/mol. The van der Waals surface area contributed by atoms with Crippen LogP contribution in [0.3, 0.4) is 0 Å². The summed E-state index contributed by atoms with van der Waals surface area (Å²) in [6.45, 7) is 0. The Kier molecular flexibility index (Phi) is 2.17. The molecule has 1 heterocycles. The van der Waals surface area contributed by atoms with Crippen molar-refractivity contribution in [1.29, 1.82) is 0 Å². The SMILES string of the molecule is COc1ccc(C2C[C]=NO2)cc1. The third-order valence-electron chi connectivity index (χ3n) is 2.01. The van der Waals surface area contributed by atoms with Crippen molar-refractivity contribution in [1.82, 2.24) is 0 Å². The fourth-order valence-electron chi connectivity index (χ4n) is 1.26. The minimum Gasteiger partial charge on any atom is -0.497 e. The van der Waals surface area contributed by atoms with Crippen molar-refractivity contribution in [2.24, 2.45) is 5.16 Å². The maximum absolute atomic E-state index is 5.09. The number of benzene rings is 1. The standard InChI is InChI=1S/C10H10NO2/c1-12-9-4-2-8(3-5-9)10-6-7-11-13-10/h2-5,10H,6H2,1H3. The zero-order valence-electron chi connectivity index (χ0n) is 7.36. The van der Waals surface area contributed by atoms with Crippen molar-refractivity contribution in [3.8, 4) is 5.75 Å². The number of methoxy groups -OCH3 is 1. The number of nitrogens with zero attached hydrogens (tertiary/aromatic N) is 1. The van der Waals surface area contributed by atoms with Gasteiger partial charge in [-0.2, -0.15) is 0 Å². The monoisotopic (exact) mass is 176 g/mol. The van der Waals surface area contributed by atoms with Crippen LogP contribution in [0.15, 0.2) is 29.4 Å². The smallest absolute Gasteiger partial charge is 0.158 e. The highest BCUT2D eigenvalue weighted by atomic mass is 16.6. The van der Waals surface area contributed by atoms with Crippen molar-refractivity contribution < 1.29 is 9.57 Å². The molecule has 0 saturated carbocycles. The Hall–Kier alpha value is -1.51. The van der Waals surface area contributed by atoms with Gasteiger partial charge in [-0.15, -0.1) is 0 Å². The predicted molar refractivity (Wildman–Crippen MR) is 48.9 cm³/mol. The zero-order chi connectivity index (χ0) is 9.10. The Bertz CT molecular complexity index is 297. The first-order chi connectivity index (χ1) is 6.40. The molecule has 0 amide bonds. The molecule has 1 aliphatic heterocycles. The Morgan fingerprint density at radius 3 is 2.77 bits per heavy atom. The molecule has 13 heavy (non-hydrogen) atoms. The second-order valence-corrected chi connectivity index (χ2v) is 2.82. The van der Waals surface area contributed by atoms with Crippen LogP contribution in [0.4, 0.5) is 0 Å². The normalized spacial score (nSPS) is 19.9. The van der Waals surface area contributed by atoms with Crippen LogP contribution in [0.2, 0.25) is 0 Å². The number of rotatable bonds is 2. The molecule has 1 aliphatic rings. The summed E-state index contributed by atoms with van der Waals surface area (Å²) in [5, 5.41) is 3.60. The van der Waals surface area contributed by atoms with Crippen LogP contribution in [0, 0.1) is 0 Å². The van der Waals surface area contributed by atoms with Crippen LogP contribution in [0.1, 0.15) is 18.1 Å². The fourth-order valence-corrected chi connectivity index (χ4v) is 1.26. The Morgan fingerprint density at radius 2 is 2.23 bits per heavy atom. The first-order valence-corrected chi connectivity index (χ1v) is 4.13. The highest BCUT2D eigenvalue weighted by molar-refractivity contribution is 5.59. The van der Waals surface area contributed by atoms with Gasteiger partial charge in [-0.1, -0.05) is 17.3 Å². The van der Waals surface area contributed by atoms with Crippen LogP contribution in [-0.2, 0) is 4.84 Å². The number of ether oxygens (including phenoxy) is 1. The molecule has 1 radical (unpaired) electrons. The summed E-state index contributed by atoms with van der Waals surface area (Å²) in [5.41, 5.74) is 1.11. The molecule has 0 bridgehead atoms. The maximum atomic E-state index is 5.09. The van der Waals surface area contributed by atoms with Gasteiger partial charge in [0.1, 0.15) is 12.0 Å². The van der Waals surface area contributed by atoms with E-state index >= 15 is 0 Å². The van der Waals surface area contributed by atoms with E-state index in [1.54, 1.807) is 7.11 Å². The van der Waals surface area contributed by atoms with Crippen molar-refractivity contribution >= 4 is 6.21 Å². The molecule has 3 heteroatoms. The Balaban J connectivity index is 2.13. The summed E-state index contributed by atoms with van der Waals surface area (Å²) in [5.74, 6) is 0.853. The van der Waals surface area contributed by atoms with E-state index in [0.29, 0.717) is 0 Å². The largest absolute Gasteiger partial charge is 0.497 e. The minimum atomic E-state index is 0.0332. The van der Waals surface area contributed by atoms with Crippen molar-refractivity contribution in [3.63, 3.8) is 0 Å². The molecule has 0 spiro atoms. The van der Waals surface area contributed by atoms with Gasteiger partial charge < -0.3 is 9.57 Å². The van der Waals surface area contributed by atoms with E-state index in [1.165, 1.54) is 0 Å². The van der Waals surface area contributed by atoms with E-state index in [1.807, 2.05) is 24.3 Å². The molecule has 1 aromatic carbocycles. The topological polar surface area (TPSA) is 30.8 Å². The summed E-state index contributed by atoms with van der Waals surface area (Å²) in [7, 11) is 1.65. The highest BCUT2D eigenvalue weighted by Gasteiger charge is 2.15. The molecule has 0 saturated heterocycles. The van der Waals surface area contributed by atoms with Gasteiger partial charge in [0, 0.05) is 6.42 Å². The fraction of sp³-hybridized carbons (Fsp3) is 0.300. The highest BCUT2D eigenvalue weighted by Crippen LogP contribution is 2.25. The lowest BCUT2D eigenvalue weighted by Gasteiger charge is -2.08. The molecular formula is C10H10NO2.